The molecule has 0 aliphatic carbocycles. The van der Waals surface area contributed by atoms with Crippen molar-refractivity contribution in [1.29, 1.82) is 0 Å². The largest absolute Gasteiger partial charge is 2.00 e. The van der Waals surface area contributed by atoms with Crippen molar-refractivity contribution in [3.63, 3.8) is 0 Å². The van der Waals surface area contributed by atoms with Gasteiger partial charge in [0.2, 0.25) is 0 Å². The van der Waals surface area contributed by atoms with Crippen molar-refractivity contribution in [3.8, 4) is 0 Å². The van der Waals surface area contributed by atoms with E-state index in [2.05, 4.69) is 20.3 Å². The molecule has 0 unspecified atom stereocenters. The molecule has 0 aliphatic heterocycles. The fourth-order valence-corrected chi connectivity index (χ4v) is 1.25. The average molecular weight is 334 g/mol. The molecule has 21 heavy (non-hydrogen) atoms. The minimum absolute atomic E-state index is 0. The minimum Gasteiger partial charge on any atom is -0.792 e. The summed E-state index contributed by atoms with van der Waals surface area (Å²) in [6.45, 7) is 3.27. The quantitative estimate of drug-likeness (QED) is 0.479. The van der Waals surface area contributed by atoms with Crippen molar-refractivity contribution in [2.45, 2.75) is 13.8 Å². The molecule has 0 saturated heterocycles. The zero-order valence-electron chi connectivity index (χ0n) is 11.5. The van der Waals surface area contributed by atoms with Gasteiger partial charge in [-0.05, 0) is 38.1 Å². The van der Waals surface area contributed by atoms with E-state index in [1.54, 1.807) is 50.5 Å². The van der Waals surface area contributed by atoms with Crippen molar-refractivity contribution in [2.75, 3.05) is 0 Å². The van der Waals surface area contributed by atoms with E-state index < -0.39 is 0 Å². The minimum atomic E-state index is 0. The van der Waals surface area contributed by atoms with E-state index in [-0.39, 0.29) is 17.1 Å². The molecule has 0 saturated carbocycles. The summed E-state index contributed by atoms with van der Waals surface area (Å²) < 4.78 is 0. The maximum Gasteiger partial charge on any atom is 2.00 e. The number of hydrogen-bond donors (Lipinski definition) is 0. The Morgan fingerprint density at radius 2 is 1.19 bits per heavy atom. The summed E-state index contributed by atoms with van der Waals surface area (Å²) in [4.78, 5) is 7.84. The topological polar surface area (TPSA) is 96.6 Å². The molecule has 0 spiro atoms. The molecule has 113 valence electrons. The summed E-state index contributed by atoms with van der Waals surface area (Å²) in [6, 6.07) is 10.7. The Morgan fingerprint density at radius 1 is 0.810 bits per heavy atom. The van der Waals surface area contributed by atoms with Crippen molar-refractivity contribution in [2.24, 2.45) is 10.3 Å². The van der Waals surface area contributed by atoms with Crippen LogP contribution in [0.1, 0.15) is 25.2 Å². The van der Waals surface area contributed by atoms with Gasteiger partial charge in [-0.2, -0.15) is 0 Å². The van der Waals surface area contributed by atoms with E-state index in [0.717, 1.165) is 0 Å². The van der Waals surface area contributed by atoms with E-state index in [4.69, 9.17) is 0 Å². The Kier molecular flexibility index (Phi) is 9.41. The normalized spacial score (nSPS) is 11.0. The summed E-state index contributed by atoms with van der Waals surface area (Å²) in [6.07, 6.45) is 3.26. The van der Waals surface area contributed by atoms with Gasteiger partial charge in [-0.3, -0.25) is 9.97 Å². The maximum atomic E-state index is 9.98. The van der Waals surface area contributed by atoms with Crippen LogP contribution in [0.4, 0.5) is 0 Å². The van der Waals surface area contributed by atoms with Gasteiger partial charge in [0, 0.05) is 12.4 Å². The van der Waals surface area contributed by atoms with E-state index in [9.17, 15) is 10.4 Å². The van der Waals surface area contributed by atoms with E-state index in [0.29, 0.717) is 22.8 Å². The van der Waals surface area contributed by atoms with Crippen LogP contribution < -0.4 is 0 Å². The third-order valence-corrected chi connectivity index (χ3v) is 2.35. The molecule has 7 heteroatoms. The molecule has 2 aromatic heterocycles. The Labute approximate surface area is 133 Å². The monoisotopic (exact) mass is 333 g/mol. The van der Waals surface area contributed by atoms with Crippen molar-refractivity contribution in [3.05, 3.63) is 70.6 Å². The van der Waals surface area contributed by atoms with Gasteiger partial charge in [0.15, 0.2) is 0 Å². The Balaban J connectivity index is 0.000000364. The van der Waals surface area contributed by atoms with Crippen molar-refractivity contribution in [1.82, 2.24) is 9.97 Å². The molecule has 2 aromatic rings. The predicted molar refractivity (Wildman–Crippen MR) is 79.6 cm³/mol. The van der Waals surface area contributed by atoms with Crippen LogP contribution in [0.15, 0.2) is 59.1 Å². The fourth-order valence-electron chi connectivity index (χ4n) is 1.25. The zero-order valence-corrected chi connectivity index (χ0v) is 12.5. The standard InChI is InChI=1S/2C7H8N2O.Cu/c2*1-6(9-10)7-4-2-3-5-8-7;/h2*2-5,10H,1H3;/q;;+2/p-2/b9-6+;9-6-;. The van der Waals surface area contributed by atoms with Crippen molar-refractivity contribution < 1.29 is 17.1 Å². The van der Waals surface area contributed by atoms with Gasteiger partial charge in [-0.1, -0.05) is 12.1 Å². The van der Waals surface area contributed by atoms with Gasteiger partial charge in [0.05, 0.1) is 22.8 Å². The molecular weight excluding hydrogens is 320 g/mol. The second kappa shape index (κ2) is 10.5. The second-order valence-corrected chi connectivity index (χ2v) is 3.78. The summed E-state index contributed by atoms with van der Waals surface area (Å²) in [7, 11) is 0. The van der Waals surface area contributed by atoms with Gasteiger partial charge in [-0.25, -0.2) is 0 Å². The van der Waals surface area contributed by atoms with Crippen LogP contribution in [-0.4, -0.2) is 21.4 Å². The number of pyridine rings is 2. The Hall–Kier alpha value is -2.24. The maximum absolute atomic E-state index is 9.98. The summed E-state index contributed by atoms with van der Waals surface area (Å²) in [5.41, 5.74) is 2.11. The average Bonchev–Trinajstić information content (AvgIpc) is 2.55. The first-order valence-corrected chi connectivity index (χ1v) is 5.85. The van der Waals surface area contributed by atoms with Crippen LogP contribution in [0.3, 0.4) is 0 Å². The van der Waals surface area contributed by atoms with E-state index in [1.165, 1.54) is 0 Å². The third kappa shape index (κ3) is 6.65. The van der Waals surface area contributed by atoms with Crippen LogP contribution in [0.2, 0.25) is 0 Å². The third-order valence-electron chi connectivity index (χ3n) is 2.35. The number of nitrogens with zero attached hydrogens (tertiary/aromatic N) is 4. The number of hydrogen-bond acceptors (Lipinski definition) is 6. The predicted octanol–water partition coefficient (Wildman–Crippen LogP) is 2.77. The molecule has 0 bridgehead atoms. The van der Waals surface area contributed by atoms with Crippen LogP contribution in [-0.2, 0) is 17.1 Å². The zero-order chi connectivity index (χ0) is 14.8. The summed E-state index contributed by atoms with van der Waals surface area (Å²) in [5.74, 6) is 0. The second-order valence-electron chi connectivity index (χ2n) is 3.78. The van der Waals surface area contributed by atoms with Crippen LogP contribution in [0.5, 0.6) is 0 Å². The summed E-state index contributed by atoms with van der Waals surface area (Å²) >= 11 is 0. The summed E-state index contributed by atoms with van der Waals surface area (Å²) in [5, 5.41) is 25.5. The van der Waals surface area contributed by atoms with Crippen molar-refractivity contribution >= 4 is 11.4 Å². The molecule has 2 heterocycles. The van der Waals surface area contributed by atoms with Gasteiger partial charge in [0.25, 0.3) is 0 Å². The molecule has 6 nitrogen and oxygen atoms in total. The Morgan fingerprint density at radius 3 is 1.43 bits per heavy atom. The SMILES string of the molecule is C/C(=N/[O-])c1ccccn1.C/C(=N\[O-])c1ccccn1.[Cu+2]. The van der Waals surface area contributed by atoms with E-state index in [1.807, 2.05) is 12.1 Å². The molecule has 0 atom stereocenters. The Bertz CT molecular complexity index is 521. The first-order chi connectivity index (χ1) is 9.69. The van der Waals surface area contributed by atoms with Crippen LogP contribution >= 0.6 is 0 Å². The molecule has 0 amide bonds. The van der Waals surface area contributed by atoms with Gasteiger partial charge >= 0.3 is 17.1 Å². The molecule has 0 N–H and O–H groups in total. The molecule has 0 aromatic carbocycles. The number of rotatable bonds is 2. The fraction of sp³-hybridized carbons (Fsp3) is 0.143. The van der Waals surface area contributed by atoms with Crippen LogP contribution in [0.25, 0.3) is 0 Å². The molecule has 2 rings (SSSR count). The van der Waals surface area contributed by atoms with Gasteiger partial charge in [0.1, 0.15) is 0 Å². The molecule has 1 radical (unpaired) electrons. The first kappa shape index (κ1) is 18.8. The molecule has 0 fully saturated rings. The van der Waals surface area contributed by atoms with E-state index >= 15 is 0 Å². The first-order valence-electron chi connectivity index (χ1n) is 5.85. The number of aromatic nitrogens is 2. The van der Waals surface area contributed by atoms with Crippen LogP contribution in [0, 0.1) is 10.4 Å². The van der Waals surface area contributed by atoms with Gasteiger partial charge < -0.3 is 20.7 Å². The van der Waals surface area contributed by atoms with Gasteiger partial charge in [-0.15, -0.1) is 0 Å². The molecule has 0 aliphatic rings. The smallest absolute Gasteiger partial charge is 0.792 e. The molecular formula is C14H14CuN4O2.